The van der Waals surface area contributed by atoms with E-state index in [-0.39, 0.29) is 22.5 Å². The van der Waals surface area contributed by atoms with Crippen LogP contribution in [0.1, 0.15) is 23.6 Å². The molecular formula is C25H19BrF3N3O2. The summed E-state index contributed by atoms with van der Waals surface area (Å²) >= 11 is 3.29. The fourth-order valence-corrected chi connectivity index (χ4v) is 4.61. The maximum Gasteiger partial charge on any atom is 0.416 e. The van der Waals surface area contributed by atoms with Gasteiger partial charge in [-0.25, -0.2) is 4.79 Å². The molecular weight excluding hydrogens is 511 g/mol. The number of carbonyl (C=O) groups is 1. The van der Waals surface area contributed by atoms with Crippen LogP contribution in [-0.4, -0.2) is 22.9 Å². The number of benzene rings is 3. The zero-order valence-corrected chi connectivity index (χ0v) is 19.7. The summed E-state index contributed by atoms with van der Waals surface area (Å²) in [6, 6.07) is 18.1. The number of aliphatic hydroxyl groups is 1. The average Bonchev–Trinajstić information content (AvgIpc) is 2.98. The average molecular weight is 530 g/mol. The highest BCUT2D eigenvalue weighted by molar-refractivity contribution is 9.10. The third-order valence-corrected chi connectivity index (χ3v) is 6.67. The van der Waals surface area contributed by atoms with Gasteiger partial charge in [-0.3, -0.25) is 9.80 Å². The first kappa shape index (κ1) is 23.8. The first-order valence-corrected chi connectivity index (χ1v) is 11.0. The Labute approximate surface area is 202 Å². The summed E-state index contributed by atoms with van der Waals surface area (Å²) in [6.45, 7) is 2.50. The van der Waals surface area contributed by atoms with E-state index >= 15 is 0 Å². The monoisotopic (exact) mass is 529 g/mol. The number of anilines is 2. The molecule has 1 N–H and O–H groups in total. The molecule has 1 fully saturated rings. The zero-order chi connectivity index (χ0) is 24.9. The third-order valence-electron chi connectivity index (χ3n) is 6.14. The predicted molar refractivity (Wildman–Crippen MR) is 125 cm³/mol. The van der Waals surface area contributed by atoms with E-state index in [2.05, 4.69) is 15.9 Å². The number of rotatable bonds is 3. The van der Waals surface area contributed by atoms with Crippen LogP contribution in [0.2, 0.25) is 0 Å². The van der Waals surface area contributed by atoms with Crippen molar-refractivity contribution < 1.29 is 23.1 Å². The van der Waals surface area contributed by atoms with Gasteiger partial charge < -0.3 is 5.11 Å². The number of nitrogens with zero attached hydrogens (tertiary/aromatic N) is 3. The summed E-state index contributed by atoms with van der Waals surface area (Å²) in [5.74, 6) is 0. The second-order valence-electron chi connectivity index (χ2n) is 8.20. The molecule has 3 aromatic carbocycles. The molecule has 1 saturated heterocycles. The summed E-state index contributed by atoms with van der Waals surface area (Å²) in [5.41, 5.74) is -5.17. The van der Waals surface area contributed by atoms with Crippen LogP contribution in [0.3, 0.4) is 0 Å². The number of nitriles is 1. The molecule has 0 aliphatic carbocycles. The molecule has 2 atom stereocenters. The number of carbonyl (C=O) groups excluding carboxylic acids is 1. The number of amides is 2. The largest absolute Gasteiger partial charge is 0.416 e. The molecule has 1 aliphatic heterocycles. The molecule has 3 aromatic rings. The van der Waals surface area contributed by atoms with Gasteiger partial charge >= 0.3 is 12.2 Å². The van der Waals surface area contributed by atoms with E-state index in [9.17, 15) is 23.1 Å². The number of aryl methyl sites for hydroxylation is 1. The van der Waals surface area contributed by atoms with E-state index in [0.29, 0.717) is 14.9 Å². The molecule has 1 aliphatic rings. The highest BCUT2D eigenvalue weighted by atomic mass is 79.9. The van der Waals surface area contributed by atoms with Gasteiger partial charge in [-0.05, 0) is 62.4 Å². The number of halogens is 4. The molecule has 4 rings (SSSR count). The smallest absolute Gasteiger partial charge is 0.364 e. The Hall–Kier alpha value is -3.35. The second-order valence-corrected chi connectivity index (χ2v) is 9.12. The summed E-state index contributed by atoms with van der Waals surface area (Å²) in [7, 11) is 0. The SMILES string of the molecule is Cc1cccc(C2(O)N(c3ccc(Br)cc3)C(=O)N(c3ccc(C#N)cc3)C2(C)C(F)(F)F)c1. The Morgan fingerprint density at radius 1 is 0.971 bits per heavy atom. The third kappa shape index (κ3) is 3.37. The molecule has 174 valence electrons. The number of alkyl halides is 3. The van der Waals surface area contributed by atoms with Gasteiger partial charge in [0.25, 0.3) is 0 Å². The molecule has 9 heteroatoms. The highest BCUT2D eigenvalue weighted by Crippen LogP contribution is 2.57. The molecule has 0 radical (unpaired) electrons. The Morgan fingerprint density at radius 3 is 2.06 bits per heavy atom. The Bertz CT molecular complexity index is 1290. The van der Waals surface area contributed by atoms with Gasteiger partial charge in [-0.2, -0.15) is 18.4 Å². The van der Waals surface area contributed by atoms with Crippen LogP contribution in [0.25, 0.3) is 0 Å². The van der Waals surface area contributed by atoms with Crippen LogP contribution < -0.4 is 9.80 Å². The van der Waals surface area contributed by atoms with Crippen LogP contribution in [0, 0.1) is 18.3 Å². The molecule has 1 heterocycles. The van der Waals surface area contributed by atoms with Gasteiger partial charge in [0.15, 0.2) is 5.54 Å². The van der Waals surface area contributed by atoms with Crippen LogP contribution in [-0.2, 0) is 5.72 Å². The summed E-state index contributed by atoms with van der Waals surface area (Å²) in [4.78, 5) is 15.1. The van der Waals surface area contributed by atoms with Gasteiger partial charge in [-0.15, -0.1) is 0 Å². The molecule has 5 nitrogen and oxygen atoms in total. The molecule has 0 spiro atoms. The Morgan fingerprint density at radius 2 is 1.53 bits per heavy atom. The van der Waals surface area contributed by atoms with Gasteiger partial charge in [0, 0.05) is 21.4 Å². The lowest BCUT2D eigenvalue weighted by molar-refractivity contribution is -0.227. The van der Waals surface area contributed by atoms with Crippen molar-refractivity contribution in [1.82, 2.24) is 0 Å². The van der Waals surface area contributed by atoms with Crippen LogP contribution in [0.5, 0.6) is 0 Å². The molecule has 0 aromatic heterocycles. The number of hydrogen-bond acceptors (Lipinski definition) is 3. The minimum absolute atomic E-state index is 0.0836. The van der Waals surface area contributed by atoms with Gasteiger partial charge in [0.1, 0.15) is 0 Å². The standard InChI is InChI=1S/C25H19BrF3N3O2/c1-16-4-3-5-18(14-16)24(34)23(2,25(27,28)29)31(20-10-6-17(15-30)7-11-20)22(33)32(24)21-12-8-19(26)9-13-21/h3-14,34H,1-2H3. The summed E-state index contributed by atoms with van der Waals surface area (Å²) < 4.78 is 45.6. The normalized spacial score (nSPS) is 22.7. The number of hydrogen-bond donors (Lipinski definition) is 1. The van der Waals surface area contributed by atoms with Crippen molar-refractivity contribution in [3.8, 4) is 6.07 Å². The van der Waals surface area contributed by atoms with E-state index in [4.69, 9.17) is 5.26 Å². The predicted octanol–water partition coefficient (Wildman–Crippen LogP) is 6.24. The number of urea groups is 1. The van der Waals surface area contributed by atoms with Crippen molar-refractivity contribution in [2.24, 2.45) is 0 Å². The summed E-state index contributed by atoms with van der Waals surface area (Å²) in [6.07, 6.45) is -5.06. The minimum Gasteiger partial charge on any atom is -0.364 e. The summed E-state index contributed by atoms with van der Waals surface area (Å²) in [5, 5.41) is 21.2. The van der Waals surface area contributed by atoms with Gasteiger partial charge in [0.2, 0.25) is 5.72 Å². The lowest BCUT2D eigenvalue weighted by Crippen LogP contribution is -2.66. The van der Waals surface area contributed by atoms with E-state index < -0.39 is 23.5 Å². The van der Waals surface area contributed by atoms with Gasteiger partial charge in [-0.1, -0.05) is 45.8 Å². The second kappa shape index (κ2) is 8.15. The van der Waals surface area contributed by atoms with Crippen molar-refractivity contribution in [2.45, 2.75) is 31.3 Å². The van der Waals surface area contributed by atoms with E-state index in [1.807, 2.05) is 6.07 Å². The first-order valence-electron chi connectivity index (χ1n) is 10.2. The van der Waals surface area contributed by atoms with Crippen molar-refractivity contribution in [3.05, 3.63) is 94.0 Å². The van der Waals surface area contributed by atoms with Crippen LogP contribution in [0.15, 0.2) is 77.3 Å². The molecule has 0 bridgehead atoms. The fraction of sp³-hybridized carbons (Fsp3) is 0.200. The van der Waals surface area contributed by atoms with Crippen molar-refractivity contribution in [1.29, 1.82) is 5.26 Å². The molecule has 2 amide bonds. The van der Waals surface area contributed by atoms with Crippen LogP contribution in [0.4, 0.5) is 29.3 Å². The maximum atomic E-state index is 15.0. The molecule has 34 heavy (non-hydrogen) atoms. The van der Waals surface area contributed by atoms with Gasteiger partial charge in [0.05, 0.1) is 11.6 Å². The zero-order valence-electron chi connectivity index (χ0n) is 18.1. The minimum atomic E-state index is -5.06. The van der Waals surface area contributed by atoms with E-state index in [1.54, 1.807) is 25.1 Å². The highest BCUT2D eigenvalue weighted by Gasteiger charge is 2.77. The topological polar surface area (TPSA) is 67.6 Å². The Kier molecular flexibility index (Phi) is 5.70. The van der Waals surface area contributed by atoms with Crippen molar-refractivity contribution in [2.75, 3.05) is 9.80 Å². The Balaban J connectivity index is 2.07. The van der Waals surface area contributed by atoms with Crippen LogP contribution >= 0.6 is 15.9 Å². The lowest BCUT2D eigenvalue weighted by Gasteiger charge is -2.45. The van der Waals surface area contributed by atoms with Crippen molar-refractivity contribution >= 4 is 33.3 Å². The maximum absolute atomic E-state index is 15.0. The van der Waals surface area contributed by atoms with E-state index in [1.165, 1.54) is 54.6 Å². The fourth-order valence-electron chi connectivity index (χ4n) is 4.34. The first-order chi connectivity index (χ1) is 15.9. The lowest BCUT2D eigenvalue weighted by atomic mass is 9.80. The van der Waals surface area contributed by atoms with E-state index in [0.717, 1.165) is 11.8 Å². The molecule has 2 unspecified atom stereocenters. The quantitative estimate of drug-likeness (QED) is 0.436. The van der Waals surface area contributed by atoms with Crippen molar-refractivity contribution in [3.63, 3.8) is 0 Å². The molecule has 0 saturated carbocycles.